The molecule has 1 aromatic rings. The first kappa shape index (κ1) is 12.0. The summed E-state index contributed by atoms with van der Waals surface area (Å²) in [5.74, 6) is -1.77. The van der Waals surface area contributed by atoms with Gasteiger partial charge in [0.2, 0.25) is 0 Å². The summed E-state index contributed by atoms with van der Waals surface area (Å²) in [5.41, 5.74) is 4.99. The van der Waals surface area contributed by atoms with E-state index in [0.29, 0.717) is 0 Å². The first-order valence-electron chi connectivity index (χ1n) is 4.11. The molecule has 0 amide bonds. The average Bonchev–Trinajstić information content (AvgIpc) is 2.19. The number of alkyl halides is 2. The van der Waals surface area contributed by atoms with Gasteiger partial charge in [0.05, 0.1) is 18.4 Å². The van der Waals surface area contributed by atoms with Crippen molar-refractivity contribution in [1.82, 2.24) is 0 Å². The number of carboxylic acid groups (broad SMARTS) is 1. The Kier molecular flexibility index (Phi) is 3.49. The Bertz CT molecular complexity index is 409. The van der Waals surface area contributed by atoms with E-state index in [1.165, 1.54) is 7.11 Å². The average molecular weight is 233 g/mol. The van der Waals surface area contributed by atoms with Gasteiger partial charge in [-0.1, -0.05) is 0 Å². The van der Waals surface area contributed by atoms with E-state index in [0.717, 1.165) is 12.1 Å². The SMILES string of the molecule is COc1cc(C(=O)O)cc(N)c1OC(F)F. The molecule has 0 saturated carbocycles. The summed E-state index contributed by atoms with van der Waals surface area (Å²) < 4.78 is 32.9. The van der Waals surface area contributed by atoms with Crippen LogP contribution >= 0.6 is 0 Å². The molecular weight excluding hydrogens is 224 g/mol. The summed E-state index contributed by atoms with van der Waals surface area (Å²) >= 11 is 0. The zero-order chi connectivity index (χ0) is 12.3. The molecule has 0 aliphatic heterocycles. The Hall–Kier alpha value is -2.05. The van der Waals surface area contributed by atoms with Gasteiger partial charge in [-0.3, -0.25) is 0 Å². The molecule has 3 N–H and O–H groups in total. The molecule has 0 aromatic heterocycles. The highest BCUT2D eigenvalue weighted by atomic mass is 19.3. The van der Waals surface area contributed by atoms with Gasteiger partial charge < -0.3 is 20.3 Å². The van der Waals surface area contributed by atoms with Gasteiger partial charge in [0.25, 0.3) is 0 Å². The van der Waals surface area contributed by atoms with Crippen LogP contribution in [0.3, 0.4) is 0 Å². The lowest BCUT2D eigenvalue weighted by Gasteiger charge is -2.12. The highest BCUT2D eigenvalue weighted by Gasteiger charge is 2.17. The number of rotatable bonds is 4. The van der Waals surface area contributed by atoms with E-state index in [-0.39, 0.29) is 22.7 Å². The van der Waals surface area contributed by atoms with Gasteiger partial charge in [-0.2, -0.15) is 8.78 Å². The summed E-state index contributed by atoms with van der Waals surface area (Å²) in [6.45, 7) is -3.06. The molecule has 0 saturated heterocycles. The first-order chi connectivity index (χ1) is 7.45. The number of benzene rings is 1. The molecule has 5 nitrogen and oxygen atoms in total. The number of methoxy groups -OCH3 is 1. The second-order valence-electron chi connectivity index (χ2n) is 2.78. The molecule has 1 aromatic carbocycles. The minimum Gasteiger partial charge on any atom is -0.493 e. The molecule has 0 bridgehead atoms. The molecule has 0 aliphatic carbocycles. The van der Waals surface area contributed by atoms with Gasteiger partial charge in [-0.15, -0.1) is 0 Å². The van der Waals surface area contributed by atoms with Crippen LogP contribution in [0.15, 0.2) is 12.1 Å². The van der Waals surface area contributed by atoms with Crippen LogP contribution in [0, 0.1) is 0 Å². The topological polar surface area (TPSA) is 81.8 Å². The van der Waals surface area contributed by atoms with Crippen LogP contribution in [0.1, 0.15) is 10.4 Å². The standard InChI is InChI=1S/C9H9F2NO4/c1-15-6-3-4(8(13)14)2-5(12)7(6)16-9(10)11/h2-3,9H,12H2,1H3,(H,13,14). The first-order valence-corrected chi connectivity index (χ1v) is 4.11. The Labute approximate surface area is 89.4 Å². The second kappa shape index (κ2) is 4.65. The third-order valence-electron chi connectivity index (χ3n) is 1.76. The van der Waals surface area contributed by atoms with Crippen LogP contribution in [-0.2, 0) is 0 Å². The Morgan fingerprint density at radius 2 is 2.12 bits per heavy atom. The maximum Gasteiger partial charge on any atom is 0.387 e. The van der Waals surface area contributed by atoms with Crippen LogP contribution in [-0.4, -0.2) is 24.8 Å². The third-order valence-corrected chi connectivity index (χ3v) is 1.76. The molecule has 0 heterocycles. The predicted octanol–water partition coefficient (Wildman–Crippen LogP) is 1.58. The molecule has 1 rings (SSSR count). The van der Waals surface area contributed by atoms with E-state index in [1.807, 2.05) is 0 Å². The van der Waals surface area contributed by atoms with Crippen molar-refractivity contribution in [3.63, 3.8) is 0 Å². The third kappa shape index (κ3) is 2.50. The molecule has 0 unspecified atom stereocenters. The quantitative estimate of drug-likeness (QED) is 0.771. The van der Waals surface area contributed by atoms with Gasteiger partial charge in [0.1, 0.15) is 0 Å². The highest BCUT2D eigenvalue weighted by Crippen LogP contribution is 2.35. The van der Waals surface area contributed by atoms with E-state index in [4.69, 9.17) is 15.6 Å². The van der Waals surface area contributed by atoms with Crippen molar-refractivity contribution >= 4 is 11.7 Å². The Morgan fingerprint density at radius 3 is 2.56 bits per heavy atom. The summed E-state index contributed by atoms with van der Waals surface area (Å²) in [7, 11) is 1.19. The molecule has 0 aliphatic rings. The lowest BCUT2D eigenvalue weighted by molar-refractivity contribution is -0.0506. The van der Waals surface area contributed by atoms with Crippen LogP contribution in [0.2, 0.25) is 0 Å². The number of carbonyl (C=O) groups is 1. The summed E-state index contributed by atoms with van der Waals surface area (Å²) in [5, 5.41) is 8.70. The Balaban J connectivity index is 3.23. The van der Waals surface area contributed by atoms with Gasteiger partial charge in [0, 0.05) is 0 Å². The van der Waals surface area contributed by atoms with Crippen molar-refractivity contribution in [3.8, 4) is 11.5 Å². The van der Waals surface area contributed by atoms with Gasteiger partial charge in [-0.05, 0) is 12.1 Å². The van der Waals surface area contributed by atoms with Gasteiger partial charge in [0.15, 0.2) is 11.5 Å². The minimum absolute atomic E-state index is 0.155. The predicted molar refractivity (Wildman–Crippen MR) is 51.0 cm³/mol. The normalized spacial score (nSPS) is 10.2. The van der Waals surface area contributed by atoms with Crippen molar-refractivity contribution < 1.29 is 28.2 Å². The van der Waals surface area contributed by atoms with Crippen molar-refractivity contribution in [2.24, 2.45) is 0 Å². The van der Waals surface area contributed by atoms with Crippen molar-refractivity contribution in [2.75, 3.05) is 12.8 Å². The lowest BCUT2D eigenvalue weighted by Crippen LogP contribution is -2.08. The van der Waals surface area contributed by atoms with E-state index in [2.05, 4.69) is 4.74 Å². The molecule has 7 heteroatoms. The maximum absolute atomic E-state index is 12.0. The molecular formula is C9H9F2NO4. The number of nitrogen functional groups attached to an aromatic ring is 1. The number of anilines is 1. The zero-order valence-corrected chi connectivity index (χ0v) is 8.24. The summed E-state index contributed by atoms with van der Waals surface area (Å²) in [6.07, 6.45) is 0. The fourth-order valence-electron chi connectivity index (χ4n) is 1.11. The Morgan fingerprint density at radius 1 is 1.50 bits per heavy atom. The maximum atomic E-state index is 12.0. The van der Waals surface area contributed by atoms with Crippen LogP contribution < -0.4 is 15.2 Å². The van der Waals surface area contributed by atoms with Crippen LogP contribution in [0.5, 0.6) is 11.5 Å². The van der Waals surface area contributed by atoms with Gasteiger partial charge in [-0.25, -0.2) is 4.79 Å². The van der Waals surface area contributed by atoms with Crippen LogP contribution in [0.4, 0.5) is 14.5 Å². The molecule has 16 heavy (non-hydrogen) atoms. The summed E-state index contributed by atoms with van der Waals surface area (Å²) in [4.78, 5) is 10.7. The van der Waals surface area contributed by atoms with E-state index in [1.54, 1.807) is 0 Å². The number of hydrogen-bond donors (Lipinski definition) is 2. The lowest BCUT2D eigenvalue weighted by atomic mass is 10.1. The second-order valence-corrected chi connectivity index (χ2v) is 2.78. The highest BCUT2D eigenvalue weighted by molar-refractivity contribution is 5.90. The minimum atomic E-state index is -3.06. The largest absolute Gasteiger partial charge is 0.493 e. The van der Waals surface area contributed by atoms with Crippen LogP contribution in [0.25, 0.3) is 0 Å². The fourth-order valence-corrected chi connectivity index (χ4v) is 1.11. The van der Waals surface area contributed by atoms with Crippen molar-refractivity contribution in [2.45, 2.75) is 6.61 Å². The number of hydrogen-bond acceptors (Lipinski definition) is 4. The number of aromatic carboxylic acids is 1. The van der Waals surface area contributed by atoms with Crippen molar-refractivity contribution in [3.05, 3.63) is 17.7 Å². The molecule has 0 fully saturated rings. The molecule has 0 atom stereocenters. The fraction of sp³-hybridized carbons (Fsp3) is 0.222. The molecule has 88 valence electrons. The van der Waals surface area contributed by atoms with E-state index >= 15 is 0 Å². The number of halogens is 2. The summed E-state index contributed by atoms with van der Waals surface area (Å²) in [6, 6.07) is 2.07. The van der Waals surface area contributed by atoms with E-state index < -0.39 is 12.6 Å². The smallest absolute Gasteiger partial charge is 0.387 e. The molecule has 0 spiro atoms. The number of nitrogens with two attached hydrogens (primary N) is 1. The van der Waals surface area contributed by atoms with Crippen molar-refractivity contribution in [1.29, 1.82) is 0 Å². The molecule has 0 radical (unpaired) electrons. The monoisotopic (exact) mass is 233 g/mol. The zero-order valence-electron chi connectivity index (χ0n) is 8.24. The number of carboxylic acids is 1. The van der Waals surface area contributed by atoms with Gasteiger partial charge >= 0.3 is 12.6 Å². The number of ether oxygens (including phenoxy) is 2. The van der Waals surface area contributed by atoms with E-state index in [9.17, 15) is 13.6 Å².